The lowest BCUT2D eigenvalue weighted by Gasteiger charge is -2.27. The van der Waals surface area contributed by atoms with Crippen LogP contribution in [0.4, 0.5) is 0 Å². The molecule has 0 saturated heterocycles. The van der Waals surface area contributed by atoms with E-state index >= 15 is 0 Å². The molecule has 0 saturated carbocycles. The highest BCUT2D eigenvalue weighted by Crippen LogP contribution is 2.38. The SMILES string of the molecule is CSc1nccc(COc2ccc(C(C)(C)c3cc(Cl)c(OCCC(C)C(=O)Cl)c(C#N)c3)cc2)n1. The van der Waals surface area contributed by atoms with Crippen molar-refractivity contribution in [3.63, 3.8) is 0 Å². The van der Waals surface area contributed by atoms with Gasteiger partial charge < -0.3 is 9.47 Å². The molecule has 2 aromatic carbocycles. The van der Waals surface area contributed by atoms with Crippen molar-refractivity contribution in [1.29, 1.82) is 5.26 Å². The number of nitriles is 1. The van der Waals surface area contributed by atoms with Gasteiger partial charge in [0.05, 0.1) is 22.9 Å². The highest BCUT2D eigenvalue weighted by molar-refractivity contribution is 7.98. The quantitative estimate of drug-likeness (QED) is 0.149. The van der Waals surface area contributed by atoms with E-state index in [2.05, 4.69) is 29.9 Å². The van der Waals surface area contributed by atoms with Crippen LogP contribution in [0.3, 0.4) is 0 Å². The van der Waals surface area contributed by atoms with Crippen LogP contribution in [-0.4, -0.2) is 28.1 Å². The molecule has 1 aromatic heterocycles. The molecule has 0 amide bonds. The summed E-state index contributed by atoms with van der Waals surface area (Å²) in [6, 6.07) is 15.4. The lowest BCUT2D eigenvalue weighted by atomic mass is 9.77. The predicted molar refractivity (Wildman–Crippen MR) is 143 cm³/mol. The average molecular weight is 545 g/mol. The smallest absolute Gasteiger partial charge is 0.224 e. The summed E-state index contributed by atoms with van der Waals surface area (Å²) >= 11 is 13.5. The second kappa shape index (κ2) is 12.4. The number of thioether (sulfide) groups is 1. The van der Waals surface area contributed by atoms with Crippen molar-refractivity contribution in [2.75, 3.05) is 12.9 Å². The standard InChI is InChI=1S/C27H27Cl2N3O3S/c1-17(25(29)33)10-12-34-24-18(15-30)13-20(14-23(24)28)27(2,3)19-5-7-22(8-6-19)35-16-21-9-11-31-26(32-21)36-4/h5-9,11,13-14,17H,10,12,16H2,1-4H3. The second-order valence-electron chi connectivity index (χ2n) is 8.76. The minimum atomic E-state index is -0.439. The normalized spacial score (nSPS) is 12.0. The summed E-state index contributed by atoms with van der Waals surface area (Å²) in [7, 11) is 0. The summed E-state index contributed by atoms with van der Waals surface area (Å²) in [4.78, 5) is 19.8. The van der Waals surface area contributed by atoms with Crippen LogP contribution in [0.1, 0.15) is 49.6 Å². The molecule has 1 heterocycles. The van der Waals surface area contributed by atoms with Gasteiger partial charge >= 0.3 is 0 Å². The largest absolute Gasteiger partial charge is 0.491 e. The van der Waals surface area contributed by atoms with Gasteiger partial charge in [0, 0.05) is 17.5 Å². The molecule has 0 bridgehead atoms. The van der Waals surface area contributed by atoms with Crippen molar-refractivity contribution in [1.82, 2.24) is 9.97 Å². The van der Waals surface area contributed by atoms with E-state index in [0.29, 0.717) is 34.5 Å². The van der Waals surface area contributed by atoms with Gasteiger partial charge in [-0.2, -0.15) is 5.26 Å². The van der Waals surface area contributed by atoms with E-state index in [1.807, 2.05) is 42.7 Å². The second-order valence-corrected chi connectivity index (χ2v) is 10.3. The molecule has 6 nitrogen and oxygen atoms in total. The Bertz CT molecular complexity index is 1260. The first-order valence-electron chi connectivity index (χ1n) is 11.3. The van der Waals surface area contributed by atoms with Crippen LogP contribution in [0.5, 0.6) is 11.5 Å². The summed E-state index contributed by atoms with van der Waals surface area (Å²) in [6.07, 6.45) is 4.09. The molecule has 0 N–H and O–H groups in total. The molecule has 188 valence electrons. The number of nitrogens with zero attached hydrogens (tertiary/aromatic N) is 3. The van der Waals surface area contributed by atoms with E-state index < -0.39 is 10.7 Å². The fourth-order valence-corrected chi connectivity index (χ4v) is 4.24. The Morgan fingerprint density at radius 1 is 1.17 bits per heavy atom. The van der Waals surface area contributed by atoms with E-state index in [0.717, 1.165) is 22.6 Å². The van der Waals surface area contributed by atoms with E-state index in [-0.39, 0.29) is 12.5 Å². The Balaban J connectivity index is 1.74. The predicted octanol–water partition coefficient (Wildman–Crippen LogP) is 6.80. The third kappa shape index (κ3) is 6.91. The first kappa shape index (κ1) is 27.8. The first-order valence-corrected chi connectivity index (χ1v) is 13.3. The Morgan fingerprint density at radius 2 is 1.89 bits per heavy atom. The van der Waals surface area contributed by atoms with E-state index in [1.54, 1.807) is 19.2 Å². The van der Waals surface area contributed by atoms with Crippen LogP contribution in [-0.2, 0) is 16.8 Å². The first-order chi connectivity index (χ1) is 17.1. The molecule has 0 fully saturated rings. The Labute approximate surface area is 226 Å². The van der Waals surface area contributed by atoms with Gasteiger partial charge in [0.15, 0.2) is 10.9 Å². The summed E-state index contributed by atoms with van der Waals surface area (Å²) in [5.74, 6) is 0.698. The molecule has 9 heteroatoms. The molecule has 1 unspecified atom stereocenters. The summed E-state index contributed by atoms with van der Waals surface area (Å²) in [5, 5.41) is 10.4. The number of aromatic nitrogens is 2. The Kier molecular flexibility index (Phi) is 9.61. The minimum Gasteiger partial charge on any atom is -0.491 e. The number of ether oxygens (including phenoxy) is 2. The number of halogens is 2. The van der Waals surface area contributed by atoms with Gasteiger partial charge in [0.25, 0.3) is 0 Å². The monoisotopic (exact) mass is 543 g/mol. The number of hydrogen-bond acceptors (Lipinski definition) is 7. The maximum Gasteiger partial charge on any atom is 0.224 e. The molecule has 36 heavy (non-hydrogen) atoms. The van der Waals surface area contributed by atoms with Crippen molar-refractivity contribution in [2.45, 2.75) is 44.4 Å². The number of rotatable bonds is 11. The molecule has 3 rings (SSSR count). The molecule has 0 aliphatic rings. The zero-order chi connectivity index (χ0) is 26.3. The van der Waals surface area contributed by atoms with E-state index in [1.165, 1.54) is 11.8 Å². The van der Waals surface area contributed by atoms with Crippen LogP contribution >= 0.6 is 35.0 Å². The Morgan fingerprint density at radius 3 is 2.53 bits per heavy atom. The fourth-order valence-electron chi connectivity index (χ4n) is 3.48. The molecule has 0 aliphatic heterocycles. The van der Waals surface area contributed by atoms with Gasteiger partial charge in [-0.05, 0) is 65.7 Å². The van der Waals surface area contributed by atoms with Crippen molar-refractivity contribution in [3.05, 3.63) is 76.1 Å². The summed E-state index contributed by atoms with van der Waals surface area (Å²) < 4.78 is 11.7. The molecule has 3 aromatic rings. The molecular weight excluding hydrogens is 517 g/mol. The Hall–Kier alpha value is -2.79. The molecule has 1 atom stereocenters. The molecule has 0 radical (unpaired) electrons. The van der Waals surface area contributed by atoms with E-state index in [9.17, 15) is 10.1 Å². The average Bonchev–Trinajstić information content (AvgIpc) is 2.88. The van der Waals surface area contributed by atoms with Crippen LogP contribution < -0.4 is 9.47 Å². The lowest BCUT2D eigenvalue weighted by molar-refractivity contribution is -0.115. The third-order valence-electron chi connectivity index (χ3n) is 5.91. The van der Waals surface area contributed by atoms with Crippen molar-refractivity contribution < 1.29 is 14.3 Å². The maximum atomic E-state index is 11.2. The lowest BCUT2D eigenvalue weighted by Crippen LogP contribution is -2.19. The zero-order valence-corrected chi connectivity index (χ0v) is 22.9. The molecular formula is C27H27Cl2N3O3S. The van der Waals surface area contributed by atoms with Gasteiger partial charge in [-0.15, -0.1) is 0 Å². The van der Waals surface area contributed by atoms with Gasteiger partial charge in [-0.1, -0.05) is 56.3 Å². The van der Waals surface area contributed by atoms with Gasteiger partial charge in [0.2, 0.25) is 5.24 Å². The van der Waals surface area contributed by atoms with Gasteiger partial charge in [-0.25, -0.2) is 9.97 Å². The number of benzene rings is 2. The van der Waals surface area contributed by atoms with Crippen LogP contribution in [0.2, 0.25) is 5.02 Å². The highest BCUT2D eigenvalue weighted by atomic mass is 35.5. The van der Waals surface area contributed by atoms with Crippen molar-refractivity contribution in [2.24, 2.45) is 5.92 Å². The van der Waals surface area contributed by atoms with Crippen LogP contribution in [0, 0.1) is 17.2 Å². The summed E-state index contributed by atoms with van der Waals surface area (Å²) in [6.45, 7) is 6.43. The van der Waals surface area contributed by atoms with Gasteiger partial charge in [-0.3, -0.25) is 4.79 Å². The van der Waals surface area contributed by atoms with Crippen LogP contribution in [0.15, 0.2) is 53.8 Å². The zero-order valence-electron chi connectivity index (χ0n) is 20.5. The number of hydrogen-bond donors (Lipinski definition) is 0. The third-order valence-corrected chi connectivity index (χ3v) is 7.12. The number of carbonyl (C=O) groups is 1. The minimum absolute atomic E-state index is 0.228. The van der Waals surface area contributed by atoms with E-state index in [4.69, 9.17) is 32.7 Å². The molecule has 0 aliphatic carbocycles. The maximum absolute atomic E-state index is 11.2. The van der Waals surface area contributed by atoms with Crippen molar-refractivity contribution in [3.8, 4) is 17.6 Å². The summed E-state index contributed by atoms with van der Waals surface area (Å²) in [5.41, 5.74) is 2.61. The highest BCUT2D eigenvalue weighted by Gasteiger charge is 2.26. The van der Waals surface area contributed by atoms with Gasteiger partial charge in [0.1, 0.15) is 18.4 Å². The molecule has 0 spiro atoms. The fraction of sp³-hybridized carbons (Fsp3) is 0.333. The van der Waals surface area contributed by atoms with Crippen LogP contribution in [0.25, 0.3) is 0 Å². The number of carbonyl (C=O) groups excluding carboxylic acids is 1. The topological polar surface area (TPSA) is 85.1 Å². The van der Waals surface area contributed by atoms with Crippen molar-refractivity contribution >= 4 is 40.2 Å².